The van der Waals surface area contributed by atoms with Crippen LogP contribution >= 0.6 is 11.6 Å². The van der Waals surface area contributed by atoms with E-state index in [1.807, 2.05) is 0 Å². The lowest BCUT2D eigenvalue weighted by Crippen LogP contribution is -2.23. The van der Waals surface area contributed by atoms with Gasteiger partial charge in [0.25, 0.3) is 5.91 Å². The number of rotatable bonds is 3. The highest BCUT2D eigenvalue weighted by atomic mass is 35.5. The van der Waals surface area contributed by atoms with E-state index in [-0.39, 0.29) is 16.7 Å². The second kappa shape index (κ2) is 5.49. The summed E-state index contributed by atoms with van der Waals surface area (Å²) in [5, 5.41) is 2.48. The lowest BCUT2D eigenvalue weighted by atomic mass is 10.4. The van der Waals surface area contributed by atoms with Crippen LogP contribution in [0.1, 0.15) is 10.5 Å². The normalized spacial score (nSPS) is 11.4. The van der Waals surface area contributed by atoms with Gasteiger partial charge in [-0.3, -0.25) is 4.79 Å². The quantitative estimate of drug-likeness (QED) is 0.948. The molecule has 0 aromatic carbocycles. The van der Waals surface area contributed by atoms with Crippen molar-refractivity contribution in [2.45, 2.75) is 12.7 Å². The average Bonchev–Trinajstić information content (AvgIpc) is 2.78. The molecule has 0 aliphatic rings. The fraction of sp³-hybridized carbons (Fsp3) is 0.182. The summed E-state index contributed by atoms with van der Waals surface area (Å²) in [4.78, 5) is 19.3. The molecule has 0 radical (unpaired) electrons. The molecule has 0 spiro atoms. The zero-order chi connectivity index (χ0) is 14.8. The minimum atomic E-state index is -4.41. The van der Waals surface area contributed by atoms with E-state index >= 15 is 0 Å². The van der Waals surface area contributed by atoms with Crippen molar-refractivity contribution in [2.24, 2.45) is 0 Å². The van der Waals surface area contributed by atoms with Gasteiger partial charge < -0.3 is 9.88 Å². The Hall–Kier alpha value is -2.09. The van der Waals surface area contributed by atoms with Gasteiger partial charge >= 0.3 is 6.18 Å². The molecule has 2 rings (SSSR count). The number of carbonyl (C=O) groups is 1. The molecule has 5 nitrogen and oxygen atoms in total. The Morgan fingerprint density at radius 3 is 2.70 bits per heavy atom. The van der Waals surface area contributed by atoms with E-state index in [2.05, 4.69) is 15.3 Å². The van der Waals surface area contributed by atoms with Crippen LogP contribution in [0.4, 0.5) is 19.0 Å². The first-order valence-electron chi connectivity index (χ1n) is 5.36. The molecule has 0 bridgehead atoms. The van der Waals surface area contributed by atoms with Gasteiger partial charge in [0.1, 0.15) is 17.4 Å². The van der Waals surface area contributed by atoms with Gasteiger partial charge in [-0.1, -0.05) is 11.6 Å². The van der Waals surface area contributed by atoms with Gasteiger partial charge in [0.05, 0.1) is 12.4 Å². The van der Waals surface area contributed by atoms with Crippen molar-refractivity contribution >= 4 is 23.3 Å². The van der Waals surface area contributed by atoms with Crippen LogP contribution in [-0.4, -0.2) is 26.6 Å². The first kappa shape index (κ1) is 14.3. The molecule has 0 aliphatic heterocycles. The Balaban J connectivity index is 2.14. The molecule has 0 aliphatic carbocycles. The molecule has 0 unspecified atom stereocenters. The van der Waals surface area contributed by atoms with Crippen LogP contribution in [0.3, 0.4) is 0 Å². The summed E-state index contributed by atoms with van der Waals surface area (Å²) in [6.07, 6.45) is -0.812. The Morgan fingerprint density at radius 1 is 1.35 bits per heavy atom. The number of nitrogens with zero attached hydrogens (tertiary/aromatic N) is 3. The zero-order valence-corrected chi connectivity index (χ0v) is 10.6. The van der Waals surface area contributed by atoms with Crippen LogP contribution in [-0.2, 0) is 6.54 Å². The van der Waals surface area contributed by atoms with Gasteiger partial charge in [0, 0.05) is 6.20 Å². The topological polar surface area (TPSA) is 59.8 Å². The van der Waals surface area contributed by atoms with Gasteiger partial charge in [-0.2, -0.15) is 13.2 Å². The summed E-state index contributed by atoms with van der Waals surface area (Å²) in [6.45, 7) is -1.24. The van der Waals surface area contributed by atoms with Gasteiger partial charge in [-0.25, -0.2) is 9.97 Å². The molecule has 2 aromatic rings. The molecule has 0 saturated carbocycles. The predicted octanol–water partition coefficient (Wildman–Crippen LogP) is 2.75. The van der Waals surface area contributed by atoms with Gasteiger partial charge in [-0.15, -0.1) is 0 Å². The molecular weight excluding hydrogens is 297 g/mol. The minimum absolute atomic E-state index is 0.0964. The number of nitrogens with one attached hydrogen (secondary N) is 1. The predicted molar refractivity (Wildman–Crippen MR) is 65.5 cm³/mol. The molecule has 0 fully saturated rings. The Morgan fingerprint density at radius 2 is 2.10 bits per heavy atom. The fourth-order valence-electron chi connectivity index (χ4n) is 1.51. The lowest BCUT2D eigenvalue weighted by Gasteiger charge is -2.11. The number of halogens is 4. The Kier molecular flexibility index (Phi) is 3.93. The monoisotopic (exact) mass is 304 g/mol. The van der Waals surface area contributed by atoms with Crippen molar-refractivity contribution in [3.8, 4) is 0 Å². The standard InChI is InChI=1S/C11H8ClF3N4O/c12-8-4-17-9(5-16-8)18-10(20)7-2-1-3-19(7)6-11(13,14)15/h1-5H,6H2,(H,17,18,20). The maximum absolute atomic E-state index is 12.3. The molecule has 9 heteroatoms. The molecule has 0 saturated heterocycles. The minimum Gasteiger partial charge on any atom is -0.334 e. The van der Waals surface area contributed by atoms with Crippen LogP contribution in [0.15, 0.2) is 30.7 Å². The van der Waals surface area contributed by atoms with E-state index in [1.165, 1.54) is 30.7 Å². The van der Waals surface area contributed by atoms with Gasteiger partial charge in [-0.05, 0) is 12.1 Å². The number of alkyl halides is 3. The Labute approximate surface area is 116 Å². The van der Waals surface area contributed by atoms with Crippen molar-refractivity contribution in [3.05, 3.63) is 41.6 Å². The number of hydrogen-bond donors (Lipinski definition) is 1. The maximum atomic E-state index is 12.3. The lowest BCUT2D eigenvalue weighted by molar-refractivity contribution is -0.140. The fourth-order valence-corrected chi connectivity index (χ4v) is 1.61. The molecule has 1 N–H and O–H groups in total. The molecule has 0 atom stereocenters. The number of aromatic nitrogens is 3. The first-order chi connectivity index (χ1) is 9.35. The van der Waals surface area contributed by atoms with Crippen LogP contribution in [0.25, 0.3) is 0 Å². The largest absolute Gasteiger partial charge is 0.406 e. The molecule has 20 heavy (non-hydrogen) atoms. The molecule has 1 amide bonds. The van der Waals surface area contributed by atoms with Crippen molar-refractivity contribution in [1.29, 1.82) is 0 Å². The SMILES string of the molecule is O=C(Nc1cnc(Cl)cn1)c1cccn1CC(F)(F)F. The van der Waals surface area contributed by atoms with Crippen molar-refractivity contribution in [1.82, 2.24) is 14.5 Å². The summed E-state index contributed by atoms with van der Waals surface area (Å²) in [6, 6.07) is 2.64. The Bertz CT molecular complexity index is 609. The van der Waals surface area contributed by atoms with E-state index in [1.54, 1.807) is 0 Å². The summed E-state index contributed by atoms with van der Waals surface area (Å²) in [5.74, 6) is -0.616. The summed E-state index contributed by atoms with van der Waals surface area (Å²) >= 11 is 5.53. The third-order valence-corrected chi connectivity index (χ3v) is 2.47. The van der Waals surface area contributed by atoms with Crippen molar-refractivity contribution in [3.63, 3.8) is 0 Å². The van der Waals surface area contributed by atoms with E-state index < -0.39 is 18.6 Å². The summed E-state index contributed by atoms with van der Waals surface area (Å²) < 4.78 is 37.8. The molecule has 106 valence electrons. The van der Waals surface area contributed by atoms with Crippen molar-refractivity contribution < 1.29 is 18.0 Å². The van der Waals surface area contributed by atoms with Crippen molar-refractivity contribution in [2.75, 3.05) is 5.32 Å². The third-order valence-electron chi connectivity index (χ3n) is 2.27. The van der Waals surface area contributed by atoms with E-state index in [9.17, 15) is 18.0 Å². The van der Waals surface area contributed by atoms with E-state index in [0.717, 1.165) is 4.57 Å². The first-order valence-corrected chi connectivity index (χ1v) is 5.74. The zero-order valence-electron chi connectivity index (χ0n) is 9.86. The number of amides is 1. The second-order valence-electron chi connectivity index (χ2n) is 3.81. The van der Waals surface area contributed by atoms with Crippen LogP contribution in [0, 0.1) is 0 Å². The number of carbonyl (C=O) groups excluding carboxylic acids is 1. The average molecular weight is 305 g/mol. The van der Waals surface area contributed by atoms with Gasteiger partial charge in [0.15, 0.2) is 5.82 Å². The maximum Gasteiger partial charge on any atom is 0.406 e. The summed E-state index contributed by atoms with van der Waals surface area (Å²) in [7, 11) is 0. The summed E-state index contributed by atoms with van der Waals surface area (Å²) in [5.41, 5.74) is -0.126. The molecular formula is C11H8ClF3N4O. The highest BCUT2D eigenvalue weighted by Gasteiger charge is 2.29. The smallest absolute Gasteiger partial charge is 0.334 e. The highest BCUT2D eigenvalue weighted by molar-refractivity contribution is 6.29. The van der Waals surface area contributed by atoms with E-state index in [4.69, 9.17) is 11.6 Å². The van der Waals surface area contributed by atoms with Gasteiger partial charge in [0.2, 0.25) is 0 Å². The van der Waals surface area contributed by atoms with Crippen LogP contribution < -0.4 is 5.32 Å². The number of hydrogen-bond acceptors (Lipinski definition) is 3. The van der Waals surface area contributed by atoms with E-state index in [0.29, 0.717) is 0 Å². The molecule has 2 aromatic heterocycles. The third kappa shape index (κ3) is 3.70. The number of anilines is 1. The second-order valence-corrected chi connectivity index (χ2v) is 4.20. The van der Waals surface area contributed by atoms with Crippen LogP contribution in [0.5, 0.6) is 0 Å². The highest BCUT2D eigenvalue weighted by Crippen LogP contribution is 2.19. The molecule has 2 heterocycles. The van der Waals surface area contributed by atoms with Crippen LogP contribution in [0.2, 0.25) is 5.15 Å².